The summed E-state index contributed by atoms with van der Waals surface area (Å²) in [6.45, 7) is -0.118. The molecule has 2 heterocycles. The fraction of sp³-hybridized carbons (Fsp3) is 0.143. The van der Waals surface area contributed by atoms with Crippen molar-refractivity contribution in [2.24, 2.45) is 7.05 Å². The lowest BCUT2D eigenvalue weighted by atomic mass is 10.1. The molecule has 5 heteroatoms. The number of ether oxygens (including phenoxy) is 1. The van der Waals surface area contributed by atoms with Crippen molar-refractivity contribution in [2.75, 3.05) is 0 Å². The first kappa shape index (κ1) is 11.7. The van der Waals surface area contributed by atoms with Gasteiger partial charge in [-0.15, -0.1) is 0 Å². The highest BCUT2D eigenvalue weighted by molar-refractivity contribution is 5.80. The molecule has 96 valence electrons. The summed E-state index contributed by atoms with van der Waals surface area (Å²) in [5, 5.41) is 14.4. The SMILES string of the molecule is Cn1cc(Oc2nc3ccccc3cc2CO)cn1. The molecule has 2 aromatic heterocycles. The molecule has 5 nitrogen and oxygen atoms in total. The molecule has 0 unspecified atom stereocenters. The maximum absolute atomic E-state index is 9.42. The van der Waals surface area contributed by atoms with Gasteiger partial charge in [0.05, 0.1) is 24.5 Å². The number of fused-ring (bicyclic) bond motifs is 1. The van der Waals surface area contributed by atoms with Gasteiger partial charge in [-0.05, 0) is 12.1 Å². The van der Waals surface area contributed by atoms with Crippen molar-refractivity contribution in [3.8, 4) is 11.6 Å². The first-order valence-corrected chi connectivity index (χ1v) is 5.92. The Morgan fingerprint density at radius 1 is 1.32 bits per heavy atom. The molecule has 0 amide bonds. The van der Waals surface area contributed by atoms with E-state index in [1.54, 1.807) is 17.1 Å². The van der Waals surface area contributed by atoms with E-state index < -0.39 is 0 Å². The zero-order chi connectivity index (χ0) is 13.2. The van der Waals surface area contributed by atoms with Gasteiger partial charge in [-0.3, -0.25) is 4.68 Å². The molecule has 0 fully saturated rings. The largest absolute Gasteiger partial charge is 0.435 e. The predicted octanol–water partition coefficient (Wildman–Crippen LogP) is 2.25. The molecule has 0 aliphatic carbocycles. The number of para-hydroxylation sites is 1. The minimum atomic E-state index is -0.118. The van der Waals surface area contributed by atoms with Crippen molar-refractivity contribution >= 4 is 10.9 Å². The summed E-state index contributed by atoms with van der Waals surface area (Å²) in [5.41, 5.74) is 1.49. The molecule has 1 N–H and O–H groups in total. The molecule has 0 spiro atoms. The number of hydrogen-bond acceptors (Lipinski definition) is 4. The minimum absolute atomic E-state index is 0.118. The zero-order valence-electron chi connectivity index (χ0n) is 10.4. The second-order valence-electron chi connectivity index (χ2n) is 4.26. The number of aromatic nitrogens is 3. The van der Waals surface area contributed by atoms with Gasteiger partial charge in [-0.25, -0.2) is 4.98 Å². The highest BCUT2D eigenvalue weighted by Gasteiger charge is 2.09. The van der Waals surface area contributed by atoms with E-state index in [9.17, 15) is 5.11 Å². The Morgan fingerprint density at radius 2 is 2.16 bits per heavy atom. The second-order valence-corrected chi connectivity index (χ2v) is 4.26. The lowest BCUT2D eigenvalue weighted by molar-refractivity contribution is 0.275. The minimum Gasteiger partial charge on any atom is -0.435 e. The van der Waals surface area contributed by atoms with E-state index in [1.807, 2.05) is 37.4 Å². The Balaban J connectivity index is 2.05. The maximum Gasteiger partial charge on any atom is 0.225 e. The quantitative estimate of drug-likeness (QED) is 0.779. The van der Waals surface area contributed by atoms with Crippen LogP contribution in [0.25, 0.3) is 10.9 Å². The zero-order valence-corrected chi connectivity index (χ0v) is 10.4. The lowest BCUT2D eigenvalue weighted by Gasteiger charge is -2.08. The van der Waals surface area contributed by atoms with Crippen molar-refractivity contribution in [3.63, 3.8) is 0 Å². The third-order valence-corrected chi connectivity index (χ3v) is 2.83. The van der Waals surface area contributed by atoms with Crippen LogP contribution in [-0.4, -0.2) is 19.9 Å². The molecule has 0 saturated carbocycles. The van der Waals surface area contributed by atoms with Crippen molar-refractivity contribution < 1.29 is 9.84 Å². The standard InChI is InChI=1S/C14H13N3O2/c1-17-8-12(7-15-17)19-14-11(9-18)6-10-4-2-3-5-13(10)16-14/h2-8,18H,9H2,1H3. The monoisotopic (exact) mass is 255 g/mol. The Hall–Kier alpha value is -2.40. The number of pyridine rings is 1. The fourth-order valence-corrected chi connectivity index (χ4v) is 1.91. The average Bonchev–Trinajstić information content (AvgIpc) is 2.83. The Bertz CT molecular complexity index is 722. The average molecular weight is 255 g/mol. The first-order chi connectivity index (χ1) is 9.26. The van der Waals surface area contributed by atoms with Crippen LogP contribution in [-0.2, 0) is 13.7 Å². The van der Waals surface area contributed by atoms with E-state index in [0.717, 1.165) is 10.9 Å². The normalized spacial score (nSPS) is 10.8. The van der Waals surface area contributed by atoms with Crippen molar-refractivity contribution in [1.82, 2.24) is 14.8 Å². The number of aliphatic hydroxyl groups excluding tert-OH is 1. The summed E-state index contributed by atoms with van der Waals surface area (Å²) in [4.78, 5) is 4.43. The molecule has 1 aromatic carbocycles. The number of aryl methyl sites for hydroxylation is 1. The van der Waals surface area contributed by atoms with Gasteiger partial charge in [-0.2, -0.15) is 5.10 Å². The summed E-state index contributed by atoms with van der Waals surface area (Å²) in [5.74, 6) is 1.01. The van der Waals surface area contributed by atoms with Crippen LogP contribution in [0.3, 0.4) is 0 Å². The number of benzene rings is 1. The maximum atomic E-state index is 9.42. The summed E-state index contributed by atoms with van der Waals surface area (Å²) >= 11 is 0. The fourth-order valence-electron chi connectivity index (χ4n) is 1.91. The van der Waals surface area contributed by atoms with Gasteiger partial charge in [0.2, 0.25) is 5.88 Å². The number of aliphatic hydroxyl groups is 1. The molecular formula is C14H13N3O2. The van der Waals surface area contributed by atoms with E-state index in [-0.39, 0.29) is 6.61 Å². The highest BCUT2D eigenvalue weighted by atomic mass is 16.5. The number of hydrogen-bond donors (Lipinski definition) is 1. The van der Waals surface area contributed by atoms with Crippen LogP contribution in [0.2, 0.25) is 0 Å². The Kier molecular flexibility index (Phi) is 2.89. The van der Waals surface area contributed by atoms with Crippen molar-refractivity contribution in [1.29, 1.82) is 0 Å². The van der Waals surface area contributed by atoms with Gasteiger partial charge >= 0.3 is 0 Å². The van der Waals surface area contributed by atoms with Crippen LogP contribution in [0.1, 0.15) is 5.56 Å². The number of rotatable bonds is 3. The van der Waals surface area contributed by atoms with E-state index in [2.05, 4.69) is 10.1 Å². The predicted molar refractivity (Wildman–Crippen MR) is 70.9 cm³/mol. The van der Waals surface area contributed by atoms with Crippen LogP contribution >= 0.6 is 0 Å². The van der Waals surface area contributed by atoms with Crippen LogP contribution < -0.4 is 4.74 Å². The van der Waals surface area contributed by atoms with Crippen LogP contribution in [0, 0.1) is 0 Å². The molecule has 3 aromatic rings. The lowest BCUT2D eigenvalue weighted by Crippen LogP contribution is -1.95. The number of nitrogens with zero attached hydrogens (tertiary/aromatic N) is 3. The third-order valence-electron chi connectivity index (χ3n) is 2.83. The molecular weight excluding hydrogens is 242 g/mol. The van der Waals surface area contributed by atoms with Gasteiger partial charge < -0.3 is 9.84 Å². The van der Waals surface area contributed by atoms with Gasteiger partial charge in [0.15, 0.2) is 5.75 Å². The molecule has 19 heavy (non-hydrogen) atoms. The second kappa shape index (κ2) is 4.70. The van der Waals surface area contributed by atoms with Gasteiger partial charge in [0.25, 0.3) is 0 Å². The molecule has 0 bridgehead atoms. The first-order valence-electron chi connectivity index (χ1n) is 5.92. The van der Waals surface area contributed by atoms with Gasteiger partial charge in [0.1, 0.15) is 0 Å². The molecule has 0 atom stereocenters. The van der Waals surface area contributed by atoms with Crippen LogP contribution in [0.15, 0.2) is 42.7 Å². The van der Waals surface area contributed by atoms with Gasteiger partial charge in [0, 0.05) is 18.0 Å². The van der Waals surface area contributed by atoms with Crippen LogP contribution in [0.5, 0.6) is 11.6 Å². The van der Waals surface area contributed by atoms with E-state index in [1.165, 1.54) is 0 Å². The third kappa shape index (κ3) is 2.28. The summed E-state index contributed by atoms with van der Waals surface area (Å²) < 4.78 is 7.32. The summed E-state index contributed by atoms with van der Waals surface area (Å²) in [6.07, 6.45) is 3.36. The Labute approximate surface area is 110 Å². The van der Waals surface area contributed by atoms with Crippen molar-refractivity contribution in [3.05, 3.63) is 48.3 Å². The van der Waals surface area contributed by atoms with E-state index in [4.69, 9.17) is 4.74 Å². The molecule has 0 aliphatic rings. The smallest absolute Gasteiger partial charge is 0.225 e. The summed E-state index contributed by atoms with van der Waals surface area (Å²) in [7, 11) is 1.81. The van der Waals surface area contributed by atoms with Crippen LogP contribution in [0.4, 0.5) is 0 Å². The van der Waals surface area contributed by atoms with E-state index >= 15 is 0 Å². The Morgan fingerprint density at radius 3 is 2.89 bits per heavy atom. The van der Waals surface area contributed by atoms with Gasteiger partial charge in [-0.1, -0.05) is 18.2 Å². The summed E-state index contributed by atoms with van der Waals surface area (Å²) in [6, 6.07) is 9.60. The van der Waals surface area contributed by atoms with E-state index in [0.29, 0.717) is 17.2 Å². The molecule has 0 radical (unpaired) electrons. The topological polar surface area (TPSA) is 60.2 Å². The molecule has 0 saturated heterocycles. The molecule has 0 aliphatic heterocycles. The van der Waals surface area contributed by atoms with Crippen molar-refractivity contribution in [2.45, 2.75) is 6.61 Å². The molecule has 3 rings (SSSR count). The highest BCUT2D eigenvalue weighted by Crippen LogP contribution is 2.26.